The molecule has 1 aromatic heterocycles. The Morgan fingerprint density at radius 1 is 1.23 bits per heavy atom. The zero-order valence-electron chi connectivity index (χ0n) is 13.0. The first-order valence-corrected chi connectivity index (χ1v) is 7.10. The van der Waals surface area contributed by atoms with Gasteiger partial charge in [0.25, 0.3) is 5.91 Å². The lowest BCUT2D eigenvalue weighted by Crippen LogP contribution is -2.28. The van der Waals surface area contributed by atoms with E-state index in [0.29, 0.717) is 29.7 Å². The number of para-hydroxylation sites is 2. The monoisotopic (exact) mass is 300 g/mol. The van der Waals surface area contributed by atoms with Crippen molar-refractivity contribution < 1.29 is 9.53 Å². The zero-order chi connectivity index (χ0) is 15.9. The minimum Gasteiger partial charge on any atom is -0.495 e. The second-order valence-corrected chi connectivity index (χ2v) is 5.22. The smallest absolute Gasteiger partial charge is 0.271 e. The first-order valence-electron chi connectivity index (χ1n) is 7.10. The highest BCUT2D eigenvalue weighted by atomic mass is 16.5. The molecule has 6 nitrogen and oxygen atoms in total. The average molecular weight is 300 g/mol. The molecule has 1 amide bonds. The summed E-state index contributed by atoms with van der Waals surface area (Å²) in [4.78, 5) is 20.2. The van der Waals surface area contributed by atoms with Gasteiger partial charge < -0.3 is 15.4 Å². The van der Waals surface area contributed by atoms with E-state index in [9.17, 15) is 4.79 Å². The minimum absolute atomic E-state index is 0.218. The van der Waals surface area contributed by atoms with Gasteiger partial charge in [-0.05, 0) is 18.1 Å². The van der Waals surface area contributed by atoms with E-state index in [1.165, 1.54) is 12.4 Å². The maximum atomic E-state index is 11.9. The predicted octanol–water partition coefficient (Wildman–Crippen LogP) is 2.61. The van der Waals surface area contributed by atoms with Gasteiger partial charge in [-0.25, -0.2) is 9.97 Å². The molecule has 116 valence electrons. The van der Waals surface area contributed by atoms with Gasteiger partial charge in [-0.1, -0.05) is 26.0 Å². The number of hydrogen-bond donors (Lipinski definition) is 2. The van der Waals surface area contributed by atoms with Gasteiger partial charge in [0, 0.05) is 6.54 Å². The van der Waals surface area contributed by atoms with Crippen LogP contribution >= 0.6 is 0 Å². The van der Waals surface area contributed by atoms with Crippen LogP contribution in [0.5, 0.6) is 5.75 Å². The third-order valence-electron chi connectivity index (χ3n) is 2.93. The molecule has 0 radical (unpaired) electrons. The molecular formula is C16H20N4O2. The van der Waals surface area contributed by atoms with Crippen LogP contribution in [-0.4, -0.2) is 29.5 Å². The summed E-state index contributed by atoms with van der Waals surface area (Å²) in [5.74, 6) is 1.43. The number of rotatable bonds is 6. The van der Waals surface area contributed by atoms with Crippen molar-refractivity contribution in [3.05, 3.63) is 42.4 Å². The minimum atomic E-state index is -0.218. The summed E-state index contributed by atoms with van der Waals surface area (Å²) < 4.78 is 5.26. The molecule has 2 rings (SSSR count). The van der Waals surface area contributed by atoms with Crippen molar-refractivity contribution in [2.24, 2.45) is 5.92 Å². The molecule has 0 saturated heterocycles. The molecule has 0 bridgehead atoms. The zero-order valence-corrected chi connectivity index (χ0v) is 13.0. The fraction of sp³-hybridized carbons (Fsp3) is 0.312. The van der Waals surface area contributed by atoms with E-state index in [4.69, 9.17) is 4.74 Å². The maximum Gasteiger partial charge on any atom is 0.271 e. The highest BCUT2D eigenvalue weighted by molar-refractivity contribution is 5.92. The van der Waals surface area contributed by atoms with Crippen molar-refractivity contribution in [1.29, 1.82) is 0 Å². The van der Waals surface area contributed by atoms with Crippen LogP contribution in [0.2, 0.25) is 0 Å². The lowest BCUT2D eigenvalue weighted by molar-refractivity contribution is 0.0943. The maximum absolute atomic E-state index is 11.9. The highest BCUT2D eigenvalue weighted by Crippen LogP contribution is 2.25. The number of nitrogens with one attached hydrogen (secondary N) is 2. The lowest BCUT2D eigenvalue weighted by atomic mass is 10.2. The van der Waals surface area contributed by atoms with E-state index in [2.05, 4.69) is 20.6 Å². The molecule has 22 heavy (non-hydrogen) atoms. The summed E-state index contributed by atoms with van der Waals surface area (Å²) >= 11 is 0. The molecule has 0 aliphatic heterocycles. The molecule has 0 spiro atoms. The van der Waals surface area contributed by atoms with Crippen molar-refractivity contribution in [2.45, 2.75) is 13.8 Å². The number of methoxy groups -OCH3 is 1. The Kier molecular flexibility index (Phi) is 5.30. The summed E-state index contributed by atoms with van der Waals surface area (Å²) in [5.41, 5.74) is 1.09. The molecule has 6 heteroatoms. The Hall–Kier alpha value is -2.63. The van der Waals surface area contributed by atoms with Crippen LogP contribution in [-0.2, 0) is 0 Å². The predicted molar refractivity (Wildman–Crippen MR) is 85.5 cm³/mol. The van der Waals surface area contributed by atoms with E-state index in [0.717, 1.165) is 5.69 Å². The second-order valence-electron chi connectivity index (χ2n) is 5.22. The van der Waals surface area contributed by atoms with Crippen molar-refractivity contribution in [1.82, 2.24) is 15.3 Å². The molecule has 0 aliphatic rings. The third kappa shape index (κ3) is 4.18. The summed E-state index contributed by atoms with van der Waals surface area (Å²) in [5, 5.41) is 5.91. The number of anilines is 2. The van der Waals surface area contributed by atoms with Crippen molar-refractivity contribution in [3.63, 3.8) is 0 Å². The van der Waals surface area contributed by atoms with Gasteiger partial charge in [0.2, 0.25) is 0 Å². The number of carbonyl (C=O) groups is 1. The van der Waals surface area contributed by atoms with Crippen LogP contribution in [0.1, 0.15) is 24.3 Å². The molecule has 1 aromatic carbocycles. The summed E-state index contributed by atoms with van der Waals surface area (Å²) in [6, 6.07) is 7.51. The number of ether oxygens (including phenoxy) is 1. The van der Waals surface area contributed by atoms with Crippen LogP contribution in [0.3, 0.4) is 0 Å². The molecule has 0 saturated carbocycles. The number of nitrogens with zero attached hydrogens (tertiary/aromatic N) is 2. The van der Waals surface area contributed by atoms with Crippen LogP contribution in [0.15, 0.2) is 36.7 Å². The summed E-state index contributed by atoms with van der Waals surface area (Å²) in [6.07, 6.45) is 2.98. The van der Waals surface area contributed by atoms with Crippen LogP contribution < -0.4 is 15.4 Å². The van der Waals surface area contributed by atoms with E-state index >= 15 is 0 Å². The van der Waals surface area contributed by atoms with Gasteiger partial charge in [0.05, 0.1) is 25.2 Å². The number of hydrogen-bond acceptors (Lipinski definition) is 5. The van der Waals surface area contributed by atoms with E-state index in [1.807, 2.05) is 38.1 Å². The second kappa shape index (κ2) is 7.40. The van der Waals surface area contributed by atoms with Crippen LogP contribution in [0.4, 0.5) is 11.5 Å². The van der Waals surface area contributed by atoms with Gasteiger partial charge >= 0.3 is 0 Å². The van der Waals surface area contributed by atoms with Gasteiger partial charge in [-0.15, -0.1) is 0 Å². The molecule has 0 fully saturated rings. The van der Waals surface area contributed by atoms with E-state index < -0.39 is 0 Å². The van der Waals surface area contributed by atoms with Crippen molar-refractivity contribution in [2.75, 3.05) is 19.0 Å². The Labute approximate surface area is 129 Å². The normalized spacial score (nSPS) is 10.4. The van der Waals surface area contributed by atoms with Gasteiger partial charge in [0.15, 0.2) is 0 Å². The van der Waals surface area contributed by atoms with E-state index in [1.54, 1.807) is 7.11 Å². The van der Waals surface area contributed by atoms with Gasteiger partial charge in [0.1, 0.15) is 17.3 Å². The summed E-state index contributed by atoms with van der Waals surface area (Å²) in [7, 11) is 1.61. The Morgan fingerprint density at radius 2 is 2.00 bits per heavy atom. The molecule has 0 unspecified atom stereocenters. The molecule has 2 aromatic rings. The van der Waals surface area contributed by atoms with Crippen LogP contribution in [0, 0.1) is 5.92 Å². The lowest BCUT2D eigenvalue weighted by Gasteiger charge is -2.10. The SMILES string of the molecule is COc1ccccc1Nc1cnc(C(=O)NCC(C)C)cn1. The van der Waals surface area contributed by atoms with Gasteiger partial charge in [-0.3, -0.25) is 4.79 Å². The fourth-order valence-corrected chi connectivity index (χ4v) is 1.78. The highest BCUT2D eigenvalue weighted by Gasteiger charge is 2.09. The Balaban J connectivity index is 2.04. The molecule has 0 atom stereocenters. The topological polar surface area (TPSA) is 76.1 Å². The van der Waals surface area contributed by atoms with Gasteiger partial charge in [-0.2, -0.15) is 0 Å². The molecule has 1 heterocycles. The fourth-order valence-electron chi connectivity index (χ4n) is 1.78. The molecular weight excluding hydrogens is 280 g/mol. The quantitative estimate of drug-likeness (QED) is 0.857. The van der Waals surface area contributed by atoms with E-state index in [-0.39, 0.29) is 5.91 Å². The number of benzene rings is 1. The Morgan fingerprint density at radius 3 is 2.64 bits per heavy atom. The standard InChI is InChI=1S/C16H20N4O2/c1-11(2)8-19-16(21)13-9-18-15(10-17-13)20-12-6-4-5-7-14(12)22-3/h4-7,9-11H,8H2,1-3H3,(H,18,20)(H,19,21). The largest absolute Gasteiger partial charge is 0.495 e. The molecule has 2 N–H and O–H groups in total. The number of carbonyl (C=O) groups excluding carboxylic acids is 1. The average Bonchev–Trinajstić information content (AvgIpc) is 2.54. The third-order valence-corrected chi connectivity index (χ3v) is 2.93. The molecule has 0 aliphatic carbocycles. The number of amides is 1. The number of aromatic nitrogens is 2. The first-order chi connectivity index (χ1) is 10.6. The first kappa shape index (κ1) is 15.8. The van der Waals surface area contributed by atoms with Crippen molar-refractivity contribution in [3.8, 4) is 5.75 Å². The van der Waals surface area contributed by atoms with Crippen LogP contribution in [0.25, 0.3) is 0 Å². The summed E-state index contributed by atoms with van der Waals surface area (Å²) in [6.45, 7) is 4.68. The Bertz CT molecular complexity index is 626. The van der Waals surface area contributed by atoms with Crippen molar-refractivity contribution >= 4 is 17.4 Å².